The van der Waals surface area contributed by atoms with E-state index in [1.165, 1.54) is 0 Å². The number of aromatic nitrogens is 4. The molecular weight excluding hydrogens is 333 g/mol. The van der Waals surface area contributed by atoms with E-state index in [2.05, 4.69) is 26.4 Å². The highest BCUT2D eigenvalue weighted by Crippen LogP contribution is 2.24. The van der Waals surface area contributed by atoms with E-state index in [1.807, 2.05) is 28.9 Å². The van der Waals surface area contributed by atoms with E-state index in [1.54, 1.807) is 12.4 Å². The normalized spacial score (nSPS) is 15.0. The minimum atomic E-state index is 0. The predicted octanol–water partition coefficient (Wildman–Crippen LogP) is 3.10. The second-order valence-electron chi connectivity index (χ2n) is 5.45. The molecule has 4 rings (SSSR count). The summed E-state index contributed by atoms with van der Waals surface area (Å²) in [7, 11) is 0. The van der Waals surface area contributed by atoms with Crippen molar-refractivity contribution in [3.63, 3.8) is 0 Å². The number of fused-ring (bicyclic) bond motifs is 1. The first-order valence-corrected chi connectivity index (χ1v) is 7.37. The monoisotopic (exact) mass is 351 g/mol. The van der Waals surface area contributed by atoms with Crippen LogP contribution in [0, 0.1) is 0 Å². The molecule has 0 spiro atoms. The van der Waals surface area contributed by atoms with Crippen molar-refractivity contribution in [1.82, 2.24) is 24.9 Å². The molecule has 4 heterocycles. The molecule has 23 heavy (non-hydrogen) atoms. The molecule has 3 aromatic heterocycles. The average Bonchev–Trinajstić information content (AvgIpc) is 2.99. The second-order valence-corrected chi connectivity index (χ2v) is 5.45. The fourth-order valence-electron chi connectivity index (χ4n) is 2.87. The highest BCUT2D eigenvalue weighted by atomic mass is 35.5. The summed E-state index contributed by atoms with van der Waals surface area (Å²) in [6.07, 6.45) is 7.90. The van der Waals surface area contributed by atoms with Crippen molar-refractivity contribution in [2.45, 2.75) is 18.8 Å². The van der Waals surface area contributed by atoms with Gasteiger partial charge in [-0.1, -0.05) is 0 Å². The van der Waals surface area contributed by atoms with Gasteiger partial charge >= 0.3 is 0 Å². The zero-order valence-corrected chi connectivity index (χ0v) is 14.2. The summed E-state index contributed by atoms with van der Waals surface area (Å²) in [5, 5.41) is 8.07. The lowest BCUT2D eigenvalue weighted by molar-refractivity contribution is 0.445. The fourth-order valence-corrected chi connectivity index (χ4v) is 2.87. The maximum absolute atomic E-state index is 4.68. The average molecular weight is 352 g/mol. The van der Waals surface area contributed by atoms with Crippen molar-refractivity contribution in [2.24, 2.45) is 0 Å². The summed E-state index contributed by atoms with van der Waals surface area (Å²) in [6, 6.07) is 8.14. The minimum Gasteiger partial charge on any atom is -0.317 e. The Balaban J connectivity index is 0.000000960. The molecule has 7 heteroatoms. The van der Waals surface area contributed by atoms with Gasteiger partial charge in [0.1, 0.15) is 0 Å². The van der Waals surface area contributed by atoms with Crippen LogP contribution < -0.4 is 5.32 Å². The van der Waals surface area contributed by atoms with Gasteiger partial charge in [-0.3, -0.25) is 4.98 Å². The molecule has 0 bridgehead atoms. The van der Waals surface area contributed by atoms with E-state index in [0.29, 0.717) is 5.92 Å². The van der Waals surface area contributed by atoms with E-state index in [4.69, 9.17) is 0 Å². The Labute approximate surface area is 147 Å². The van der Waals surface area contributed by atoms with Crippen molar-refractivity contribution < 1.29 is 0 Å². The highest BCUT2D eigenvalue weighted by Gasteiger charge is 2.19. The molecule has 0 aromatic carbocycles. The summed E-state index contributed by atoms with van der Waals surface area (Å²) in [6.45, 7) is 2.12. The van der Waals surface area contributed by atoms with Crippen LogP contribution in [0.1, 0.15) is 24.6 Å². The van der Waals surface area contributed by atoms with E-state index >= 15 is 0 Å². The molecule has 3 aromatic rings. The zero-order valence-electron chi connectivity index (χ0n) is 12.6. The van der Waals surface area contributed by atoms with Crippen LogP contribution in [-0.2, 0) is 0 Å². The van der Waals surface area contributed by atoms with Crippen LogP contribution in [0.2, 0.25) is 0 Å². The number of nitrogens with zero attached hydrogens (tertiary/aromatic N) is 4. The van der Waals surface area contributed by atoms with Gasteiger partial charge in [-0.25, -0.2) is 9.50 Å². The first-order valence-electron chi connectivity index (χ1n) is 7.37. The molecule has 1 aliphatic rings. The van der Waals surface area contributed by atoms with Gasteiger partial charge in [-0.2, -0.15) is 5.10 Å². The summed E-state index contributed by atoms with van der Waals surface area (Å²) >= 11 is 0. The first-order chi connectivity index (χ1) is 10.4. The molecule has 0 radical (unpaired) electrons. The standard InChI is InChI=1S/C16H17N5.2ClH/c1-2-15-19-16(13-5-9-18-10-6-13)20-21(15)11-14(1)12-3-7-17-8-4-12;;/h1-4,7-8,11,13,18H,5-6,9-10H2;2*1H. The number of hydrogen-bond donors (Lipinski definition) is 1. The van der Waals surface area contributed by atoms with Crippen LogP contribution in [0.25, 0.3) is 16.8 Å². The van der Waals surface area contributed by atoms with Crippen molar-refractivity contribution >= 4 is 30.5 Å². The van der Waals surface area contributed by atoms with Gasteiger partial charge in [0.25, 0.3) is 0 Å². The molecule has 0 amide bonds. The van der Waals surface area contributed by atoms with Crippen molar-refractivity contribution in [3.05, 3.63) is 48.7 Å². The molecule has 1 N–H and O–H groups in total. The Hall–Kier alpha value is -1.69. The van der Waals surface area contributed by atoms with Crippen LogP contribution >= 0.6 is 24.8 Å². The molecule has 0 unspecified atom stereocenters. The number of halogens is 2. The summed E-state index contributed by atoms with van der Waals surface area (Å²) in [5.41, 5.74) is 3.19. The van der Waals surface area contributed by atoms with Crippen LogP contribution in [0.4, 0.5) is 0 Å². The van der Waals surface area contributed by atoms with Gasteiger partial charge in [0.05, 0.1) is 0 Å². The van der Waals surface area contributed by atoms with Crippen LogP contribution in [-0.4, -0.2) is 32.7 Å². The number of pyridine rings is 2. The lowest BCUT2D eigenvalue weighted by Gasteiger charge is -2.19. The van der Waals surface area contributed by atoms with Gasteiger partial charge in [0.15, 0.2) is 11.5 Å². The Kier molecular flexibility index (Phi) is 5.93. The Morgan fingerprint density at radius 3 is 2.43 bits per heavy atom. The molecule has 122 valence electrons. The second kappa shape index (κ2) is 7.73. The fraction of sp³-hybridized carbons (Fsp3) is 0.312. The highest BCUT2D eigenvalue weighted by molar-refractivity contribution is 5.85. The lowest BCUT2D eigenvalue weighted by Crippen LogP contribution is -2.27. The number of rotatable bonds is 2. The molecule has 0 atom stereocenters. The summed E-state index contributed by atoms with van der Waals surface area (Å²) in [5.74, 6) is 1.46. The first kappa shape index (κ1) is 17.7. The smallest absolute Gasteiger partial charge is 0.155 e. The molecule has 5 nitrogen and oxygen atoms in total. The Bertz CT molecular complexity index is 754. The van der Waals surface area contributed by atoms with E-state index in [-0.39, 0.29) is 24.8 Å². The van der Waals surface area contributed by atoms with Gasteiger partial charge in [0, 0.05) is 30.1 Å². The Morgan fingerprint density at radius 2 is 1.70 bits per heavy atom. The largest absolute Gasteiger partial charge is 0.317 e. The summed E-state index contributed by atoms with van der Waals surface area (Å²) in [4.78, 5) is 8.74. The van der Waals surface area contributed by atoms with Gasteiger partial charge in [-0.15, -0.1) is 24.8 Å². The third kappa shape index (κ3) is 3.63. The SMILES string of the molecule is Cl.Cl.c1cc(-c2ccc3nc(C4CCNCC4)nn3c2)ccn1. The topological polar surface area (TPSA) is 55.1 Å². The maximum atomic E-state index is 4.68. The van der Waals surface area contributed by atoms with Crippen molar-refractivity contribution in [1.29, 1.82) is 0 Å². The molecule has 1 saturated heterocycles. The third-order valence-corrected chi connectivity index (χ3v) is 4.07. The maximum Gasteiger partial charge on any atom is 0.155 e. The van der Waals surface area contributed by atoms with Crippen LogP contribution in [0.5, 0.6) is 0 Å². The van der Waals surface area contributed by atoms with Gasteiger partial charge < -0.3 is 5.32 Å². The number of hydrogen-bond acceptors (Lipinski definition) is 4. The molecule has 1 fully saturated rings. The minimum absolute atomic E-state index is 0. The van der Waals surface area contributed by atoms with Crippen molar-refractivity contribution in [3.8, 4) is 11.1 Å². The molecule has 0 aliphatic carbocycles. The third-order valence-electron chi connectivity index (χ3n) is 4.07. The number of nitrogens with one attached hydrogen (secondary N) is 1. The van der Waals surface area contributed by atoms with E-state index < -0.39 is 0 Å². The van der Waals surface area contributed by atoms with Crippen molar-refractivity contribution in [2.75, 3.05) is 13.1 Å². The number of piperidine rings is 1. The van der Waals surface area contributed by atoms with Gasteiger partial charge in [-0.05, 0) is 55.8 Å². The van der Waals surface area contributed by atoms with Crippen LogP contribution in [0.3, 0.4) is 0 Å². The summed E-state index contributed by atoms with van der Waals surface area (Å²) < 4.78 is 1.90. The van der Waals surface area contributed by atoms with E-state index in [0.717, 1.165) is 48.5 Å². The van der Waals surface area contributed by atoms with Crippen LogP contribution in [0.15, 0.2) is 42.9 Å². The quantitative estimate of drug-likeness (QED) is 0.770. The molecule has 1 aliphatic heterocycles. The zero-order chi connectivity index (χ0) is 14.1. The predicted molar refractivity (Wildman–Crippen MR) is 95.6 cm³/mol. The van der Waals surface area contributed by atoms with Gasteiger partial charge in [0.2, 0.25) is 0 Å². The Morgan fingerprint density at radius 1 is 0.957 bits per heavy atom. The van der Waals surface area contributed by atoms with E-state index in [9.17, 15) is 0 Å². The molecular formula is C16H19Cl2N5. The molecule has 0 saturated carbocycles. The lowest BCUT2D eigenvalue weighted by atomic mass is 9.98.